The average Bonchev–Trinajstić information content (AvgIpc) is 3.24. The molecule has 1 saturated carbocycles. The van der Waals surface area contributed by atoms with E-state index in [1.54, 1.807) is 4.31 Å². The highest BCUT2D eigenvalue weighted by atomic mass is 32.2. The van der Waals surface area contributed by atoms with Crippen LogP contribution in [0.3, 0.4) is 0 Å². The van der Waals surface area contributed by atoms with Gasteiger partial charge in [0.2, 0.25) is 0 Å². The van der Waals surface area contributed by atoms with Gasteiger partial charge in [0.1, 0.15) is 0 Å². The van der Waals surface area contributed by atoms with E-state index in [2.05, 4.69) is 30.8 Å². The van der Waals surface area contributed by atoms with E-state index >= 15 is 0 Å². The standard InChI is InChI=1S/C15H31N3O2S/c1-4-15(8-9-15)12-17-21(19,20)18-10-6-5-7-14(18)11-16-13(2)3/h13-14,16-17H,4-12H2,1-3H3. The predicted octanol–water partition coefficient (Wildman–Crippen LogP) is 1.86. The molecular formula is C15H31N3O2S. The van der Waals surface area contributed by atoms with E-state index in [4.69, 9.17) is 0 Å². The summed E-state index contributed by atoms with van der Waals surface area (Å²) in [5.74, 6) is 0. The monoisotopic (exact) mass is 317 g/mol. The van der Waals surface area contributed by atoms with Gasteiger partial charge in [0, 0.05) is 31.7 Å². The predicted molar refractivity (Wildman–Crippen MR) is 86.4 cm³/mol. The van der Waals surface area contributed by atoms with Crippen LogP contribution in [0.4, 0.5) is 0 Å². The van der Waals surface area contributed by atoms with Crippen LogP contribution < -0.4 is 10.0 Å². The fraction of sp³-hybridized carbons (Fsp3) is 1.00. The van der Waals surface area contributed by atoms with Crippen LogP contribution in [0.1, 0.15) is 59.3 Å². The maximum Gasteiger partial charge on any atom is 0.279 e. The SMILES string of the molecule is CCC1(CNS(=O)(=O)N2CCCCC2CNC(C)C)CC1. The zero-order chi connectivity index (χ0) is 15.5. The molecule has 1 aliphatic heterocycles. The molecule has 1 heterocycles. The number of rotatable bonds is 8. The lowest BCUT2D eigenvalue weighted by molar-refractivity contribution is 0.238. The third-order valence-electron chi connectivity index (χ3n) is 4.98. The van der Waals surface area contributed by atoms with E-state index in [0.29, 0.717) is 19.1 Å². The first kappa shape index (κ1) is 17.2. The summed E-state index contributed by atoms with van der Waals surface area (Å²) in [5.41, 5.74) is 0.245. The molecule has 0 bridgehead atoms. The van der Waals surface area contributed by atoms with Crippen molar-refractivity contribution in [2.75, 3.05) is 19.6 Å². The Hall–Kier alpha value is -0.170. The average molecular weight is 317 g/mol. The number of nitrogens with zero attached hydrogens (tertiary/aromatic N) is 1. The molecule has 0 aromatic rings. The molecule has 2 fully saturated rings. The van der Waals surface area contributed by atoms with E-state index in [9.17, 15) is 8.42 Å². The quantitative estimate of drug-likeness (QED) is 0.718. The third-order valence-corrected chi connectivity index (χ3v) is 6.59. The Bertz CT molecular complexity index is 432. The first-order valence-electron chi connectivity index (χ1n) is 8.38. The summed E-state index contributed by atoms with van der Waals surface area (Å²) < 4.78 is 29.8. The minimum atomic E-state index is -3.34. The van der Waals surface area contributed by atoms with Gasteiger partial charge in [0.05, 0.1) is 0 Å². The van der Waals surface area contributed by atoms with Gasteiger partial charge in [0.25, 0.3) is 10.2 Å². The normalized spacial score (nSPS) is 26.2. The fourth-order valence-electron chi connectivity index (χ4n) is 3.03. The van der Waals surface area contributed by atoms with Crippen LogP contribution in [0, 0.1) is 5.41 Å². The topological polar surface area (TPSA) is 61.4 Å². The number of hydrogen-bond donors (Lipinski definition) is 2. The molecule has 21 heavy (non-hydrogen) atoms. The van der Waals surface area contributed by atoms with Crippen molar-refractivity contribution in [3.8, 4) is 0 Å². The van der Waals surface area contributed by atoms with Gasteiger partial charge in [-0.2, -0.15) is 12.7 Å². The van der Waals surface area contributed by atoms with Crippen molar-refractivity contribution in [2.24, 2.45) is 5.41 Å². The molecule has 6 heteroatoms. The smallest absolute Gasteiger partial charge is 0.279 e. The maximum absolute atomic E-state index is 12.6. The lowest BCUT2D eigenvalue weighted by atomic mass is 10.0. The van der Waals surface area contributed by atoms with Gasteiger partial charge in [-0.15, -0.1) is 0 Å². The Morgan fingerprint density at radius 1 is 1.29 bits per heavy atom. The molecule has 124 valence electrons. The van der Waals surface area contributed by atoms with Crippen LogP contribution in [0.2, 0.25) is 0 Å². The molecular weight excluding hydrogens is 286 g/mol. The molecule has 5 nitrogen and oxygen atoms in total. The van der Waals surface area contributed by atoms with Crippen molar-refractivity contribution >= 4 is 10.2 Å². The third kappa shape index (κ3) is 4.65. The summed E-state index contributed by atoms with van der Waals surface area (Å²) in [6.07, 6.45) is 6.43. The van der Waals surface area contributed by atoms with Crippen LogP contribution in [0.15, 0.2) is 0 Å². The highest BCUT2D eigenvalue weighted by molar-refractivity contribution is 7.87. The summed E-state index contributed by atoms with van der Waals surface area (Å²) in [7, 11) is -3.34. The Morgan fingerprint density at radius 2 is 2.00 bits per heavy atom. The van der Waals surface area contributed by atoms with E-state index in [1.165, 1.54) is 0 Å². The largest absolute Gasteiger partial charge is 0.313 e. The Balaban J connectivity index is 1.94. The molecule has 1 aliphatic carbocycles. The molecule has 1 unspecified atom stereocenters. The van der Waals surface area contributed by atoms with Crippen LogP contribution in [-0.2, 0) is 10.2 Å². The highest BCUT2D eigenvalue weighted by Crippen LogP contribution is 2.48. The van der Waals surface area contributed by atoms with Gasteiger partial charge in [-0.3, -0.25) is 0 Å². The van der Waals surface area contributed by atoms with Gasteiger partial charge in [0.15, 0.2) is 0 Å². The Labute approximate surface area is 130 Å². The second kappa shape index (κ2) is 6.94. The summed E-state index contributed by atoms with van der Waals surface area (Å²) >= 11 is 0. The second-order valence-electron chi connectivity index (χ2n) is 7.00. The van der Waals surface area contributed by atoms with Gasteiger partial charge in [-0.25, -0.2) is 4.72 Å². The van der Waals surface area contributed by atoms with Crippen molar-refractivity contribution < 1.29 is 8.42 Å². The van der Waals surface area contributed by atoms with E-state index in [1.807, 2.05) is 0 Å². The highest BCUT2D eigenvalue weighted by Gasteiger charge is 2.42. The van der Waals surface area contributed by atoms with Crippen LogP contribution >= 0.6 is 0 Å². The maximum atomic E-state index is 12.6. The van der Waals surface area contributed by atoms with Crippen molar-refractivity contribution in [1.82, 2.24) is 14.3 Å². The van der Waals surface area contributed by atoms with Crippen molar-refractivity contribution in [3.63, 3.8) is 0 Å². The number of hydrogen-bond acceptors (Lipinski definition) is 3. The van der Waals surface area contributed by atoms with E-state index in [-0.39, 0.29) is 11.5 Å². The Kier molecular flexibility index (Phi) is 5.68. The zero-order valence-corrected chi connectivity index (χ0v) is 14.5. The molecule has 0 amide bonds. The van der Waals surface area contributed by atoms with Crippen molar-refractivity contribution in [1.29, 1.82) is 0 Å². The van der Waals surface area contributed by atoms with Gasteiger partial charge >= 0.3 is 0 Å². The van der Waals surface area contributed by atoms with Gasteiger partial charge < -0.3 is 5.32 Å². The first-order valence-corrected chi connectivity index (χ1v) is 9.82. The van der Waals surface area contributed by atoms with Gasteiger partial charge in [-0.05, 0) is 37.5 Å². The molecule has 0 spiro atoms. The molecule has 0 aromatic heterocycles. The lowest BCUT2D eigenvalue weighted by Gasteiger charge is -2.35. The molecule has 0 radical (unpaired) electrons. The molecule has 1 atom stereocenters. The number of nitrogens with one attached hydrogen (secondary N) is 2. The van der Waals surface area contributed by atoms with Crippen LogP contribution in [0.25, 0.3) is 0 Å². The van der Waals surface area contributed by atoms with Crippen molar-refractivity contribution in [3.05, 3.63) is 0 Å². The summed E-state index contributed by atoms with van der Waals surface area (Å²) in [5, 5.41) is 3.38. The van der Waals surface area contributed by atoms with Crippen molar-refractivity contribution in [2.45, 2.75) is 71.4 Å². The first-order chi connectivity index (χ1) is 9.88. The molecule has 2 aliphatic rings. The second-order valence-corrected chi connectivity index (χ2v) is 8.71. The van der Waals surface area contributed by atoms with Crippen LogP contribution in [0.5, 0.6) is 0 Å². The number of piperidine rings is 1. The minimum Gasteiger partial charge on any atom is -0.313 e. The molecule has 2 N–H and O–H groups in total. The lowest BCUT2D eigenvalue weighted by Crippen LogP contribution is -2.53. The zero-order valence-electron chi connectivity index (χ0n) is 13.7. The summed E-state index contributed by atoms with van der Waals surface area (Å²) in [6.45, 7) is 8.34. The Morgan fingerprint density at radius 3 is 2.57 bits per heavy atom. The summed E-state index contributed by atoms with van der Waals surface area (Å²) in [6, 6.07) is 0.481. The van der Waals surface area contributed by atoms with E-state index in [0.717, 1.165) is 45.1 Å². The summed E-state index contributed by atoms with van der Waals surface area (Å²) in [4.78, 5) is 0. The van der Waals surface area contributed by atoms with E-state index < -0.39 is 10.2 Å². The molecule has 1 saturated heterocycles. The molecule has 2 rings (SSSR count). The fourth-order valence-corrected chi connectivity index (χ4v) is 4.62. The molecule has 0 aromatic carbocycles. The van der Waals surface area contributed by atoms with Crippen LogP contribution in [-0.4, -0.2) is 44.4 Å². The minimum absolute atomic E-state index is 0.0930. The van der Waals surface area contributed by atoms with Gasteiger partial charge in [-0.1, -0.05) is 27.2 Å².